The summed E-state index contributed by atoms with van der Waals surface area (Å²) in [6.07, 6.45) is 1.79. The van der Waals surface area contributed by atoms with Gasteiger partial charge in [-0.1, -0.05) is 44.2 Å². The number of carbonyl (C=O) groups excluding carboxylic acids is 2. The van der Waals surface area contributed by atoms with Gasteiger partial charge in [0.15, 0.2) is 0 Å². The van der Waals surface area contributed by atoms with E-state index in [-0.39, 0.29) is 11.8 Å². The Bertz CT molecular complexity index is 430. The molecule has 110 valence electrons. The van der Waals surface area contributed by atoms with Crippen molar-refractivity contribution in [2.75, 3.05) is 0 Å². The van der Waals surface area contributed by atoms with Gasteiger partial charge in [-0.2, -0.15) is 0 Å². The molecular formula is C15H22N2O3. The van der Waals surface area contributed by atoms with E-state index in [0.717, 1.165) is 18.4 Å². The zero-order valence-corrected chi connectivity index (χ0v) is 11.9. The van der Waals surface area contributed by atoms with Gasteiger partial charge in [0.25, 0.3) is 5.91 Å². The Morgan fingerprint density at radius 1 is 1.10 bits per heavy atom. The Labute approximate surface area is 119 Å². The molecule has 0 fully saturated rings. The summed E-state index contributed by atoms with van der Waals surface area (Å²) in [5, 5.41) is 11.5. The lowest BCUT2D eigenvalue weighted by Gasteiger charge is -2.20. The van der Waals surface area contributed by atoms with Crippen LogP contribution < -0.4 is 10.8 Å². The molecule has 0 heterocycles. The van der Waals surface area contributed by atoms with E-state index >= 15 is 0 Å². The number of hydroxylamine groups is 1. The number of hydrogen-bond donors (Lipinski definition) is 3. The minimum Gasteiger partial charge on any atom is -0.344 e. The van der Waals surface area contributed by atoms with Crippen LogP contribution in [0.1, 0.15) is 32.3 Å². The third-order valence-corrected chi connectivity index (χ3v) is 3.38. The average Bonchev–Trinajstić information content (AvgIpc) is 2.48. The minimum absolute atomic E-state index is 0.111. The standard InChI is InChI=1S/C15H22N2O3/c1-3-12(4-2)14(18)16-13(15(19)17-20)10-11-8-6-5-7-9-11/h5-9,12-13,20H,3-4,10H2,1-2H3,(H,16,18)(H,17,19). The Kier molecular flexibility index (Phi) is 6.73. The Morgan fingerprint density at radius 2 is 1.70 bits per heavy atom. The Balaban J connectivity index is 2.75. The first-order chi connectivity index (χ1) is 9.62. The molecule has 0 saturated heterocycles. The molecule has 0 saturated carbocycles. The maximum Gasteiger partial charge on any atom is 0.266 e. The summed E-state index contributed by atoms with van der Waals surface area (Å²) in [4.78, 5) is 23.7. The van der Waals surface area contributed by atoms with Crippen molar-refractivity contribution in [3.05, 3.63) is 35.9 Å². The van der Waals surface area contributed by atoms with Gasteiger partial charge in [-0.25, -0.2) is 5.48 Å². The molecule has 0 aliphatic rings. The van der Waals surface area contributed by atoms with Gasteiger partial charge < -0.3 is 5.32 Å². The van der Waals surface area contributed by atoms with Gasteiger partial charge in [0.1, 0.15) is 6.04 Å². The second-order valence-corrected chi connectivity index (χ2v) is 4.74. The number of amides is 2. The molecule has 5 heteroatoms. The Hall–Kier alpha value is -1.88. The van der Waals surface area contributed by atoms with Crippen molar-refractivity contribution >= 4 is 11.8 Å². The number of nitrogens with one attached hydrogen (secondary N) is 2. The molecule has 1 rings (SSSR count). The molecule has 0 spiro atoms. The molecule has 5 nitrogen and oxygen atoms in total. The first-order valence-corrected chi connectivity index (χ1v) is 6.90. The molecule has 1 aromatic rings. The summed E-state index contributed by atoms with van der Waals surface area (Å²) >= 11 is 0. The van der Waals surface area contributed by atoms with Gasteiger partial charge in [0.2, 0.25) is 5.91 Å². The van der Waals surface area contributed by atoms with Crippen LogP contribution in [0.3, 0.4) is 0 Å². The second-order valence-electron chi connectivity index (χ2n) is 4.74. The molecule has 0 radical (unpaired) electrons. The van der Waals surface area contributed by atoms with Crippen LogP contribution in [0.5, 0.6) is 0 Å². The van der Waals surface area contributed by atoms with Crippen molar-refractivity contribution in [2.24, 2.45) is 5.92 Å². The smallest absolute Gasteiger partial charge is 0.266 e. The van der Waals surface area contributed by atoms with Gasteiger partial charge in [0, 0.05) is 12.3 Å². The zero-order chi connectivity index (χ0) is 15.0. The topological polar surface area (TPSA) is 78.4 Å². The third-order valence-electron chi connectivity index (χ3n) is 3.38. The summed E-state index contributed by atoms with van der Waals surface area (Å²) in [7, 11) is 0. The van der Waals surface area contributed by atoms with E-state index in [9.17, 15) is 9.59 Å². The minimum atomic E-state index is -0.768. The summed E-state index contributed by atoms with van der Waals surface area (Å²) in [6, 6.07) is 8.60. The summed E-state index contributed by atoms with van der Waals surface area (Å²) in [5.41, 5.74) is 2.53. The highest BCUT2D eigenvalue weighted by molar-refractivity contribution is 5.88. The van der Waals surface area contributed by atoms with Gasteiger partial charge in [-0.3, -0.25) is 14.8 Å². The van der Waals surface area contributed by atoms with E-state index in [2.05, 4.69) is 5.32 Å². The van der Waals surface area contributed by atoms with Crippen LogP contribution in [-0.2, 0) is 16.0 Å². The first kappa shape index (κ1) is 16.2. The SMILES string of the molecule is CCC(CC)C(=O)NC(Cc1ccccc1)C(=O)NO. The largest absolute Gasteiger partial charge is 0.344 e. The molecule has 0 aliphatic carbocycles. The highest BCUT2D eigenvalue weighted by atomic mass is 16.5. The van der Waals surface area contributed by atoms with Crippen molar-refractivity contribution in [1.29, 1.82) is 0 Å². The number of benzene rings is 1. The predicted octanol–water partition coefficient (Wildman–Crippen LogP) is 1.66. The summed E-state index contributed by atoms with van der Waals surface area (Å²) in [6.45, 7) is 3.87. The Morgan fingerprint density at radius 3 is 2.20 bits per heavy atom. The summed E-state index contributed by atoms with van der Waals surface area (Å²) in [5.74, 6) is -0.868. The molecule has 1 aromatic carbocycles. The molecule has 20 heavy (non-hydrogen) atoms. The van der Waals surface area contributed by atoms with E-state index in [1.807, 2.05) is 44.2 Å². The normalized spacial score (nSPS) is 12.0. The van der Waals surface area contributed by atoms with E-state index in [0.29, 0.717) is 6.42 Å². The lowest BCUT2D eigenvalue weighted by Crippen LogP contribution is -2.48. The molecule has 1 atom stereocenters. The number of rotatable bonds is 7. The quantitative estimate of drug-likeness (QED) is 0.524. The molecule has 3 N–H and O–H groups in total. The maximum atomic E-state index is 12.1. The maximum absolute atomic E-state index is 12.1. The van der Waals surface area contributed by atoms with E-state index in [1.165, 1.54) is 0 Å². The molecule has 2 amide bonds. The van der Waals surface area contributed by atoms with Crippen LogP contribution in [0.4, 0.5) is 0 Å². The monoisotopic (exact) mass is 278 g/mol. The fraction of sp³-hybridized carbons (Fsp3) is 0.467. The van der Waals surface area contributed by atoms with Crippen molar-refractivity contribution in [3.63, 3.8) is 0 Å². The summed E-state index contributed by atoms with van der Waals surface area (Å²) < 4.78 is 0. The molecule has 0 aliphatic heterocycles. The van der Waals surface area contributed by atoms with Gasteiger partial charge >= 0.3 is 0 Å². The number of hydrogen-bond acceptors (Lipinski definition) is 3. The van der Waals surface area contributed by atoms with Gasteiger partial charge in [-0.05, 0) is 18.4 Å². The van der Waals surface area contributed by atoms with E-state index < -0.39 is 11.9 Å². The fourth-order valence-electron chi connectivity index (χ4n) is 2.09. The molecule has 1 unspecified atom stereocenters. The molecule has 0 aromatic heterocycles. The highest BCUT2D eigenvalue weighted by Gasteiger charge is 2.23. The van der Waals surface area contributed by atoms with Crippen LogP contribution in [0.2, 0.25) is 0 Å². The lowest BCUT2D eigenvalue weighted by molar-refractivity contribution is -0.135. The van der Waals surface area contributed by atoms with Crippen LogP contribution in [-0.4, -0.2) is 23.1 Å². The van der Waals surface area contributed by atoms with Crippen molar-refractivity contribution < 1.29 is 14.8 Å². The second kappa shape index (κ2) is 8.32. The van der Waals surface area contributed by atoms with Crippen LogP contribution in [0.25, 0.3) is 0 Å². The predicted molar refractivity (Wildman–Crippen MR) is 76.1 cm³/mol. The van der Waals surface area contributed by atoms with Gasteiger partial charge in [0.05, 0.1) is 0 Å². The fourth-order valence-corrected chi connectivity index (χ4v) is 2.09. The van der Waals surface area contributed by atoms with Crippen molar-refractivity contribution in [2.45, 2.75) is 39.2 Å². The zero-order valence-electron chi connectivity index (χ0n) is 11.9. The molecular weight excluding hydrogens is 256 g/mol. The van der Waals surface area contributed by atoms with Crippen molar-refractivity contribution in [1.82, 2.24) is 10.8 Å². The van der Waals surface area contributed by atoms with Gasteiger partial charge in [-0.15, -0.1) is 0 Å². The number of carbonyl (C=O) groups is 2. The van der Waals surface area contributed by atoms with Crippen LogP contribution in [0, 0.1) is 5.92 Å². The van der Waals surface area contributed by atoms with Crippen LogP contribution >= 0.6 is 0 Å². The van der Waals surface area contributed by atoms with Crippen LogP contribution in [0.15, 0.2) is 30.3 Å². The molecule has 0 bridgehead atoms. The lowest BCUT2D eigenvalue weighted by atomic mass is 10.0. The van der Waals surface area contributed by atoms with E-state index in [4.69, 9.17) is 5.21 Å². The first-order valence-electron chi connectivity index (χ1n) is 6.90. The van der Waals surface area contributed by atoms with Crippen molar-refractivity contribution in [3.8, 4) is 0 Å². The third kappa shape index (κ3) is 4.66. The highest BCUT2D eigenvalue weighted by Crippen LogP contribution is 2.09. The van der Waals surface area contributed by atoms with E-state index in [1.54, 1.807) is 5.48 Å². The average molecular weight is 278 g/mol.